The summed E-state index contributed by atoms with van der Waals surface area (Å²) in [7, 11) is 5.48. The van der Waals surface area contributed by atoms with Crippen molar-refractivity contribution in [3.63, 3.8) is 0 Å². The molecule has 8 aromatic heterocycles. The number of fused-ring (bicyclic) bond motifs is 2. The van der Waals surface area contributed by atoms with E-state index in [0.29, 0.717) is 56.1 Å². The molecular formula is C46H56N14O3S2. The monoisotopic (exact) mass is 916 g/mol. The minimum Gasteiger partial charge on any atom is -0.382 e. The maximum absolute atomic E-state index is 6.11. The van der Waals surface area contributed by atoms with E-state index >= 15 is 0 Å². The fourth-order valence-corrected chi connectivity index (χ4v) is 11.3. The van der Waals surface area contributed by atoms with Crippen LogP contribution in [-0.2, 0) is 27.8 Å². The Balaban J connectivity index is 1.06. The van der Waals surface area contributed by atoms with Gasteiger partial charge in [0.2, 0.25) is 0 Å². The Hall–Kier alpha value is -5.60. The summed E-state index contributed by atoms with van der Waals surface area (Å²) in [5.74, 6) is 4.44. The number of ether oxygens (including phenoxy) is 3. The molecule has 1 N–H and O–H groups in total. The second-order valence-corrected chi connectivity index (χ2v) is 19.8. The minimum atomic E-state index is -0.0823. The second kappa shape index (κ2) is 17.7. The lowest BCUT2D eigenvalue weighted by Crippen LogP contribution is -2.45. The van der Waals surface area contributed by atoms with Gasteiger partial charge < -0.3 is 33.6 Å². The van der Waals surface area contributed by atoms with Gasteiger partial charge >= 0.3 is 0 Å². The van der Waals surface area contributed by atoms with Crippen LogP contribution in [0.3, 0.4) is 0 Å². The van der Waals surface area contributed by atoms with Gasteiger partial charge in [0.05, 0.1) is 45.9 Å². The highest BCUT2D eigenvalue weighted by Crippen LogP contribution is 2.44. The van der Waals surface area contributed by atoms with E-state index in [9.17, 15) is 0 Å². The zero-order valence-corrected chi connectivity index (χ0v) is 40.0. The Morgan fingerprint density at radius 3 is 2.05 bits per heavy atom. The number of hydrogen-bond acceptors (Lipinski definition) is 15. The molecule has 2 unspecified atom stereocenters. The van der Waals surface area contributed by atoms with Gasteiger partial charge in [0, 0.05) is 96.2 Å². The number of nitrogens with one attached hydrogen (secondary N) is 1. The second-order valence-electron chi connectivity index (χ2n) is 17.8. The number of thiophene rings is 2. The molecule has 0 amide bonds. The van der Waals surface area contributed by atoms with Gasteiger partial charge in [-0.3, -0.25) is 9.36 Å². The summed E-state index contributed by atoms with van der Waals surface area (Å²) < 4.78 is 25.6. The summed E-state index contributed by atoms with van der Waals surface area (Å²) in [6, 6.07) is 4.61. The fraction of sp³-hybridized carbons (Fsp3) is 0.478. The Morgan fingerprint density at radius 2 is 1.43 bits per heavy atom. The van der Waals surface area contributed by atoms with Crippen molar-refractivity contribution in [1.82, 2.24) is 58.6 Å². The highest BCUT2D eigenvalue weighted by molar-refractivity contribution is 7.22. The first-order valence-corrected chi connectivity index (χ1v) is 24.0. The first-order valence-electron chi connectivity index (χ1n) is 22.3. The lowest BCUT2D eigenvalue weighted by atomic mass is 9.77. The minimum absolute atomic E-state index is 0.0616. The van der Waals surface area contributed by atoms with Gasteiger partial charge in [-0.2, -0.15) is 10.2 Å². The van der Waals surface area contributed by atoms with Crippen molar-refractivity contribution in [2.45, 2.75) is 91.3 Å². The molecule has 0 aromatic carbocycles. The molecule has 8 aromatic rings. The zero-order valence-electron chi connectivity index (χ0n) is 38.4. The average Bonchev–Trinajstić information content (AvgIpc) is 4.14. The molecule has 0 bridgehead atoms. The maximum Gasteiger partial charge on any atom is 0.199 e. The summed E-state index contributed by atoms with van der Waals surface area (Å²) in [5, 5.41) is 15.9. The third-order valence-corrected chi connectivity index (χ3v) is 15.2. The van der Waals surface area contributed by atoms with Gasteiger partial charge in [-0.1, -0.05) is 0 Å². The number of nitrogens with zero attached hydrogens (tertiary/aromatic N) is 13. The first kappa shape index (κ1) is 43.3. The molecule has 1 aliphatic carbocycles. The molecule has 1 saturated carbocycles. The van der Waals surface area contributed by atoms with E-state index in [1.54, 1.807) is 43.1 Å². The normalized spacial score (nSPS) is 18.4. The van der Waals surface area contributed by atoms with Crippen LogP contribution < -0.4 is 10.2 Å². The number of morpholine rings is 1. The highest BCUT2D eigenvalue weighted by atomic mass is 32.1. The number of anilines is 2. The molecular weight excluding hydrogens is 861 g/mol. The van der Waals surface area contributed by atoms with Crippen LogP contribution in [0.2, 0.25) is 0 Å². The van der Waals surface area contributed by atoms with Crippen molar-refractivity contribution in [2.24, 2.45) is 13.0 Å². The summed E-state index contributed by atoms with van der Waals surface area (Å²) >= 11 is 3.29. The van der Waals surface area contributed by atoms with Gasteiger partial charge in [0.1, 0.15) is 32.7 Å². The topological polar surface area (TPSA) is 166 Å². The van der Waals surface area contributed by atoms with Crippen LogP contribution in [0.4, 0.5) is 11.6 Å². The van der Waals surface area contributed by atoms with E-state index in [-0.39, 0.29) is 36.3 Å². The Morgan fingerprint density at radius 1 is 0.800 bits per heavy atom. The van der Waals surface area contributed by atoms with Crippen LogP contribution >= 0.6 is 22.7 Å². The molecule has 0 spiro atoms. The molecule has 9 heterocycles. The van der Waals surface area contributed by atoms with Gasteiger partial charge in [-0.25, -0.2) is 29.9 Å². The van der Waals surface area contributed by atoms with Gasteiger partial charge in [0.15, 0.2) is 23.3 Å². The number of imidazole rings is 2. The summed E-state index contributed by atoms with van der Waals surface area (Å²) in [6.45, 7) is 15.8. The van der Waals surface area contributed by atoms with Crippen LogP contribution in [0.15, 0.2) is 49.3 Å². The highest BCUT2D eigenvalue weighted by Gasteiger charge is 2.37. The molecule has 2 aliphatic rings. The molecule has 2 fully saturated rings. The van der Waals surface area contributed by atoms with E-state index in [0.717, 1.165) is 77.2 Å². The van der Waals surface area contributed by atoms with E-state index in [1.807, 2.05) is 52.0 Å². The van der Waals surface area contributed by atoms with Crippen molar-refractivity contribution >= 4 is 54.7 Å². The third kappa shape index (κ3) is 8.10. The van der Waals surface area contributed by atoms with Gasteiger partial charge in [-0.15, -0.1) is 22.7 Å². The van der Waals surface area contributed by atoms with Crippen molar-refractivity contribution in [1.29, 1.82) is 0 Å². The smallest absolute Gasteiger partial charge is 0.199 e. The van der Waals surface area contributed by atoms with Crippen molar-refractivity contribution in [2.75, 3.05) is 50.7 Å². The Bertz CT molecular complexity index is 2970. The molecule has 2 atom stereocenters. The lowest BCUT2D eigenvalue weighted by molar-refractivity contribution is -0.0101. The average molecular weight is 917 g/mol. The Labute approximate surface area is 385 Å². The molecule has 19 heteroatoms. The maximum atomic E-state index is 6.11. The largest absolute Gasteiger partial charge is 0.382 e. The summed E-state index contributed by atoms with van der Waals surface area (Å²) in [6.07, 6.45) is 13.6. The lowest BCUT2D eigenvalue weighted by Gasteiger charge is -2.40. The SMILES string of the molecule is COCC1CN(c2nc(-c3nccn3CC(Nc3nc(-c4nccn4C)nc4sc(-c5ccn(C(C)C)n5)c(C)c34)C3CC(OC)C3)nc3sc(-c4ccn(C(C)C)n4)c(C)c23)CCO1. The fourth-order valence-electron chi connectivity index (χ4n) is 9.04. The summed E-state index contributed by atoms with van der Waals surface area (Å²) in [4.78, 5) is 37.0. The number of methoxy groups -OCH3 is 2. The van der Waals surface area contributed by atoms with Gasteiger partial charge in [0.25, 0.3) is 0 Å². The number of hydrogen-bond donors (Lipinski definition) is 1. The molecule has 17 nitrogen and oxygen atoms in total. The molecule has 1 aliphatic heterocycles. The van der Waals surface area contributed by atoms with Crippen LogP contribution in [-0.4, -0.2) is 117 Å². The zero-order chi connectivity index (χ0) is 45.1. The van der Waals surface area contributed by atoms with Crippen LogP contribution in [0.25, 0.3) is 64.9 Å². The number of aryl methyl sites for hydroxylation is 3. The van der Waals surface area contributed by atoms with Crippen LogP contribution in [0.1, 0.15) is 63.7 Å². The van der Waals surface area contributed by atoms with E-state index < -0.39 is 0 Å². The van der Waals surface area contributed by atoms with Crippen LogP contribution in [0.5, 0.6) is 0 Å². The molecule has 0 radical (unpaired) electrons. The van der Waals surface area contributed by atoms with E-state index in [4.69, 9.17) is 49.3 Å². The third-order valence-electron chi connectivity index (χ3n) is 12.8. The molecule has 340 valence electrons. The van der Waals surface area contributed by atoms with Crippen molar-refractivity contribution < 1.29 is 14.2 Å². The molecule has 10 rings (SSSR count). The first-order chi connectivity index (χ1) is 31.5. The van der Waals surface area contributed by atoms with E-state index in [2.05, 4.69) is 73.4 Å². The number of rotatable bonds is 15. The van der Waals surface area contributed by atoms with Crippen molar-refractivity contribution in [3.05, 3.63) is 60.4 Å². The van der Waals surface area contributed by atoms with Gasteiger partial charge in [-0.05, 0) is 83.6 Å². The summed E-state index contributed by atoms with van der Waals surface area (Å²) in [5.41, 5.74) is 4.05. The van der Waals surface area contributed by atoms with Crippen molar-refractivity contribution in [3.8, 4) is 44.4 Å². The molecule has 1 saturated heterocycles. The molecule has 65 heavy (non-hydrogen) atoms. The van der Waals surface area contributed by atoms with E-state index in [1.165, 1.54) is 0 Å². The predicted molar refractivity (Wildman–Crippen MR) is 256 cm³/mol. The van der Waals surface area contributed by atoms with Crippen LogP contribution in [0, 0.1) is 19.8 Å². The number of aromatic nitrogens is 12. The predicted octanol–water partition coefficient (Wildman–Crippen LogP) is 8.22. The standard InChI is InChI=1S/C46H56N14O3S2/c1-25(2)59-14-10-32(54-59)37-27(5)35-39(50-40(52-45(35)64-37)43-47-12-16-56(43)7)49-34(29-20-30(21-29)62-9)23-57-17-13-48-44(57)41-51-42(58-18-19-63-31(22-58)24-61-8)36-28(6)38(65-46(36)53-41)33-11-15-60(55-33)26(3)4/h10-17,25-26,29-31,34H,18-24H2,1-9H3,(H,49,50,52). The quantitative estimate of drug-likeness (QED) is 0.105. The Kier molecular flexibility index (Phi) is 11.8.